The molecule has 3 rings (SSSR count). The molecule has 1 aliphatic heterocycles. The summed E-state index contributed by atoms with van der Waals surface area (Å²) < 4.78 is 11.2. The zero-order valence-electron chi connectivity index (χ0n) is 16.7. The van der Waals surface area contributed by atoms with Crippen LogP contribution in [0.1, 0.15) is 37.7 Å². The third kappa shape index (κ3) is 7.15. The molecule has 1 heterocycles. The molecule has 1 aromatic rings. The number of rotatable bonds is 10. The topological polar surface area (TPSA) is 54.9 Å². The van der Waals surface area contributed by atoms with Crippen LogP contribution in [0.3, 0.4) is 0 Å². The Morgan fingerprint density at radius 2 is 1.96 bits per heavy atom. The Balaban J connectivity index is 1.26. The second kappa shape index (κ2) is 10.7. The smallest absolute Gasteiger partial charge is 0.190 e. The van der Waals surface area contributed by atoms with Crippen LogP contribution in [0.25, 0.3) is 0 Å². The van der Waals surface area contributed by atoms with Crippen LogP contribution in [0.2, 0.25) is 0 Å². The number of hydrogen-bond acceptors (Lipinski definition) is 3. The van der Waals surface area contributed by atoms with Crippen LogP contribution in [0.5, 0.6) is 0 Å². The summed E-state index contributed by atoms with van der Waals surface area (Å²) in [7, 11) is 1.84. The van der Waals surface area contributed by atoms with E-state index in [4.69, 9.17) is 9.47 Å². The van der Waals surface area contributed by atoms with E-state index >= 15 is 0 Å². The van der Waals surface area contributed by atoms with Gasteiger partial charge >= 0.3 is 0 Å². The van der Waals surface area contributed by atoms with Gasteiger partial charge in [0.05, 0.1) is 0 Å². The van der Waals surface area contributed by atoms with Gasteiger partial charge in [-0.15, -0.1) is 0 Å². The van der Waals surface area contributed by atoms with Crippen molar-refractivity contribution in [3.63, 3.8) is 0 Å². The highest BCUT2D eigenvalue weighted by Gasteiger charge is 2.42. The fourth-order valence-electron chi connectivity index (χ4n) is 3.66. The van der Waals surface area contributed by atoms with Crippen LogP contribution in [0.15, 0.2) is 35.3 Å². The number of hydrogen-bond donors (Lipinski definition) is 2. The number of guanidine groups is 1. The molecule has 2 fully saturated rings. The Labute approximate surface area is 163 Å². The van der Waals surface area contributed by atoms with Crippen LogP contribution in [-0.4, -0.2) is 52.5 Å². The van der Waals surface area contributed by atoms with E-state index in [2.05, 4.69) is 46.0 Å². The summed E-state index contributed by atoms with van der Waals surface area (Å²) in [4.78, 5) is 4.36. The molecule has 0 radical (unpaired) electrons. The molecule has 1 saturated heterocycles. The summed E-state index contributed by atoms with van der Waals surface area (Å²) in [6.45, 7) is 5.34. The van der Waals surface area contributed by atoms with Crippen LogP contribution in [0.4, 0.5) is 0 Å². The van der Waals surface area contributed by atoms with Gasteiger partial charge in [-0.2, -0.15) is 0 Å². The van der Waals surface area contributed by atoms with Crippen molar-refractivity contribution in [1.29, 1.82) is 0 Å². The van der Waals surface area contributed by atoms with Gasteiger partial charge in [-0.05, 0) is 55.4 Å². The molecule has 1 aromatic carbocycles. The summed E-state index contributed by atoms with van der Waals surface area (Å²) in [6, 6.07) is 10.8. The first-order valence-corrected chi connectivity index (χ1v) is 10.4. The Kier molecular flexibility index (Phi) is 7.96. The van der Waals surface area contributed by atoms with Crippen molar-refractivity contribution in [3.05, 3.63) is 35.9 Å². The Hall–Kier alpha value is -1.59. The molecule has 150 valence electrons. The van der Waals surface area contributed by atoms with Gasteiger partial charge in [0, 0.05) is 46.6 Å². The summed E-state index contributed by atoms with van der Waals surface area (Å²) in [6.07, 6.45) is 7.02. The Morgan fingerprint density at radius 1 is 1.19 bits per heavy atom. The molecule has 5 nitrogen and oxygen atoms in total. The highest BCUT2D eigenvalue weighted by atomic mass is 16.5. The molecule has 2 aliphatic rings. The maximum absolute atomic E-state index is 5.82. The molecule has 27 heavy (non-hydrogen) atoms. The zero-order valence-corrected chi connectivity index (χ0v) is 16.7. The molecular weight excluding hydrogens is 338 g/mol. The maximum atomic E-state index is 5.82. The van der Waals surface area contributed by atoms with Crippen molar-refractivity contribution in [2.75, 3.05) is 46.6 Å². The van der Waals surface area contributed by atoms with E-state index in [0.717, 1.165) is 71.2 Å². The lowest BCUT2D eigenvalue weighted by Gasteiger charge is -2.21. The predicted octanol–water partition coefficient (Wildman–Crippen LogP) is 3.01. The predicted molar refractivity (Wildman–Crippen MR) is 110 cm³/mol. The van der Waals surface area contributed by atoms with Crippen molar-refractivity contribution in [2.24, 2.45) is 16.3 Å². The van der Waals surface area contributed by atoms with Crippen molar-refractivity contribution in [2.45, 2.75) is 38.5 Å². The van der Waals surface area contributed by atoms with Crippen LogP contribution >= 0.6 is 0 Å². The Morgan fingerprint density at radius 3 is 2.67 bits per heavy atom. The van der Waals surface area contributed by atoms with Crippen LogP contribution < -0.4 is 10.6 Å². The van der Waals surface area contributed by atoms with Gasteiger partial charge in [0.15, 0.2) is 5.96 Å². The van der Waals surface area contributed by atoms with Gasteiger partial charge in [0.2, 0.25) is 0 Å². The summed E-state index contributed by atoms with van der Waals surface area (Å²) in [5.74, 6) is 1.58. The fourth-order valence-corrected chi connectivity index (χ4v) is 3.66. The van der Waals surface area contributed by atoms with Gasteiger partial charge in [0.1, 0.15) is 0 Å². The highest BCUT2D eigenvalue weighted by molar-refractivity contribution is 5.79. The summed E-state index contributed by atoms with van der Waals surface area (Å²) in [5.41, 5.74) is 1.84. The molecular formula is C22H35N3O2. The van der Waals surface area contributed by atoms with Crippen molar-refractivity contribution in [3.8, 4) is 0 Å². The van der Waals surface area contributed by atoms with Crippen molar-refractivity contribution < 1.29 is 9.47 Å². The van der Waals surface area contributed by atoms with Gasteiger partial charge in [0.25, 0.3) is 0 Å². The maximum Gasteiger partial charge on any atom is 0.190 e. The molecule has 1 saturated carbocycles. The summed E-state index contributed by atoms with van der Waals surface area (Å²) >= 11 is 0. The van der Waals surface area contributed by atoms with Gasteiger partial charge in [-0.3, -0.25) is 4.99 Å². The van der Waals surface area contributed by atoms with Gasteiger partial charge in [-0.1, -0.05) is 30.3 Å². The van der Waals surface area contributed by atoms with E-state index in [1.807, 2.05) is 7.05 Å². The normalized spacial score (nSPS) is 19.7. The van der Waals surface area contributed by atoms with E-state index in [1.54, 1.807) is 0 Å². The SMILES string of the molecule is CN=C(NCCCOCC1CCOCC1)NCC1(Cc2ccccc2)CC1. The van der Waals surface area contributed by atoms with Crippen molar-refractivity contribution >= 4 is 5.96 Å². The zero-order chi connectivity index (χ0) is 18.8. The second-order valence-electron chi connectivity index (χ2n) is 8.00. The lowest BCUT2D eigenvalue weighted by Crippen LogP contribution is -2.41. The standard InChI is InChI=1S/C22H35N3O2/c1-23-21(24-12-5-13-27-17-20-8-14-26-15-9-20)25-18-22(10-11-22)16-19-6-3-2-4-7-19/h2-4,6-7,20H,5,8-18H2,1H3,(H2,23,24,25). The average Bonchev–Trinajstić information content (AvgIpc) is 3.48. The molecule has 0 spiro atoms. The largest absolute Gasteiger partial charge is 0.381 e. The van der Waals surface area contributed by atoms with E-state index in [0.29, 0.717) is 11.3 Å². The highest BCUT2D eigenvalue weighted by Crippen LogP contribution is 2.47. The summed E-state index contributed by atoms with van der Waals surface area (Å²) in [5, 5.41) is 6.93. The van der Waals surface area contributed by atoms with Crippen LogP contribution in [0, 0.1) is 11.3 Å². The van der Waals surface area contributed by atoms with Gasteiger partial charge in [-0.25, -0.2) is 0 Å². The number of nitrogens with one attached hydrogen (secondary N) is 2. The molecule has 5 heteroatoms. The minimum absolute atomic E-state index is 0.409. The molecule has 0 atom stereocenters. The fraction of sp³-hybridized carbons (Fsp3) is 0.682. The minimum Gasteiger partial charge on any atom is -0.381 e. The quantitative estimate of drug-likeness (QED) is 0.376. The number of ether oxygens (including phenoxy) is 2. The van der Waals surface area contributed by atoms with E-state index in [-0.39, 0.29) is 0 Å². The number of benzene rings is 1. The average molecular weight is 374 g/mol. The first-order valence-electron chi connectivity index (χ1n) is 10.4. The number of nitrogens with zero attached hydrogens (tertiary/aromatic N) is 1. The third-order valence-electron chi connectivity index (χ3n) is 5.69. The molecule has 1 aliphatic carbocycles. The Bertz CT molecular complexity index is 566. The molecule has 0 amide bonds. The molecule has 0 aromatic heterocycles. The van der Waals surface area contributed by atoms with Gasteiger partial charge < -0.3 is 20.1 Å². The lowest BCUT2D eigenvalue weighted by atomic mass is 9.96. The van der Waals surface area contributed by atoms with E-state index < -0.39 is 0 Å². The van der Waals surface area contributed by atoms with E-state index in [1.165, 1.54) is 18.4 Å². The molecule has 0 bridgehead atoms. The van der Waals surface area contributed by atoms with Crippen LogP contribution in [-0.2, 0) is 15.9 Å². The van der Waals surface area contributed by atoms with Crippen molar-refractivity contribution in [1.82, 2.24) is 10.6 Å². The number of aliphatic imine (C=N–C) groups is 1. The monoisotopic (exact) mass is 373 g/mol. The minimum atomic E-state index is 0.409. The first kappa shape index (κ1) is 20.2. The molecule has 0 unspecified atom stereocenters. The molecule has 2 N–H and O–H groups in total. The third-order valence-corrected chi connectivity index (χ3v) is 5.69. The first-order chi connectivity index (χ1) is 13.3. The lowest BCUT2D eigenvalue weighted by molar-refractivity contribution is 0.0203. The van der Waals surface area contributed by atoms with E-state index in [9.17, 15) is 0 Å². The second-order valence-corrected chi connectivity index (χ2v) is 8.00.